The Morgan fingerprint density at radius 1 is 1.38 bits per heavy atom. The summed E-state index contributed by atoms with van der Waals surface area (Å²) in [6, 6.07) is 3.96. The van der Waals surface area contributed by atoms with Gasteiger partial charge < -0.3 is 20.5 Å². The smallest absolute Gasteiger partial charge is 0.387 e. The minimum atomic E-state index is -3.03. The van der Waals surface area contributed by atoms with Crippen LogP contribution in [0.25, 0.3) is 0 Å². The van der Waals surface area contributed by atoms with Gasteiger partial charge in [-0.15, -0.1) is 0 Å². The Balaban J connectivity index is 2.20. The van der Waals surface area contributed by atoms with E-state index in [1.165, 1.54) is 25.3 Å². The topological polar surface area (TPSA) is 112 Å². The van der Waals surface area contributed by atoms with Crippen molar-refractivity contribution in [1.29, 1.82) is 0 Å². The number of benzene rings is 1. The first-order valence-corrected chi connectivity index (χ1v) is 5.53. The fourth-order valence-electron chi connectivity index (χ4n) is 1.49. The van der Waals surface area contributed by atoms with Crippen LogP contribution in [0.2, 0.25) is 0 Å². The van der Waals surface area contributed by atoms with Crippen molar-refractivity contribution in [2.24, 2.45) is 0 Å². The van der Waals surface area contributed by atoms with Gasteiger partial charge in [-0.2, -0.15) is 8.78 Å². The molecular weight excluding hydrogens is 290 g/mol. The summed E-state index contributed by atoms with van der Waals surface area (Å²) in [6.45, 7) is -3.03. The third-order valence-corrected chi connectivity index (χ3v) is 2.37. The SMILES string of the molecule is COc1ccc(NC(=O)c2nonc2N)cc1OC(F)F. The van der Waals surface area contributed by atoms with Gasteiger partial charge in [-0.1, -0.05) is 0 Å². The molecule has 1 amide bonds. The van der Waals surface area contributed by atoms with Crippen molar-refractivity contribution >= 4 is 17.4 Å². The number of anilines is 2. The fourth-order valence-corrected chi connectivity index (χ4v) is 1.49. The van der Waals surface area contributed by atoms with Crippen molar-refractivity contribution < 1.29 is 27.7 Å². The van der Waals surface area contributed by atoms with Gasteiger partial charge in [0.25, 0.3) is 5.91 Å². The Bertz CT molecular complexity index is 647. The molecule has 8 nitrogen and oxygen atoms in total. The van der Waals surface area contributed by atoms with E-state index in [1.54, 1.807) is 0 Å². The summed E-state index contributed by atoms with van der Waals surface area (Å²) in [4.78, 5) is 11.8. The van der Waals surface area contributed by atoms with Gasteiger partial charge in [-0.05, 0) is 22.4 Å². The van der Waals surface area contributed by atoms with E-state index in [1.807, 2.05) is 0 Å². The van der Waals surface area contributed by atoms with Gasteiger partial charge in [0.15, 0.2) is 11.5 Å². The lowest BCUT2D eigenvalue weighted by Crippen LogP contribution is -2.14. The third-order valence-electron chi connectivity index (χ3n) is 2.37. The lowest BCUT2D eigenvalue weighted by molar-refractivity contribution is -0.0511. The first kappa shape index (κ1) is 14.5. The van der Waals surface area contributed by atoms with Crippen molar-refractivity contribution in [1.82, 2.24) is 10.3 Å². The maximum absolute atomic E-state index is 12.3. The largest absolute Gasteiger partial charge is 0.493 e. The highest BCUT2D eigenvalue weighted by molar-refractivity contribution is 6.05. The van der Waals surface area contributed by atoms with E-state index in [0.29, 0.717) is 0 Å². The number of hydrogen-bond acceptors (Lipinski definition) is 7. The lowest BCUT2D eigenvalue weighted by atomic mass is 10.2. The van der Waals surface area contributed by atoms with Crippen LogP contribution in [0.5, 0.6) is 11.5 Å². The molecule has 2 aromatic rings. The summed E-state index contributed by atoms with van der Waals surface area (Å²) in [7, 11) is 1.30. The van der Waals surface area contributed by atoms with Gasteiger partial charge in [0, 0.05) is 11.8 Å². The van der Waals surface area contributed by atoms with Crippen molar-refractivity contribution in [3.63, 3.8) is 0 Å². The molecule has 1 aromatic heterocycles. The fraction of sp³-hybridized carbons (Fsp3) is 0.182. The van der Waals surface area contributed by atoms with Crippen LogP contribution in [0.1, 0.15) is 10.5 Å². The van der Waals surface area contributed by atoms with Crippen LogP contribution in [0.4, 0.5) is 20.3 Å². The number of halogens is 2. The molecule has 0 radical (unpaired) electrons. The van der Waals surface area contributed by atoms with Crippen molar-refractivity contribution in [3.8, 4) is 11.5 Å². The van der Waals surface area contributed by atoms with Gasteiger partial charge in [-0.3, -0.25) is 4.79 Å². The lowest BCUT2D eigenvalue weighted by Gasteiger charge is -2.11. The van der Waals surface area contributed by atoms with Crippen LogP contribution in [0, 0.1) is 0 Å². The normalized spacial score (nSPS) is 10.5. The molecule has 0 unspecified atom stereocenters. The number of carbonyl (C=O) groups excluding carboxylic acids is 1. The van der Waals surface area contributed by atoms with E-state index in [-0.39, 0.29) is 28.7 Å². The number of methoxy groups -OCH3 is 1. The molecule has 3 N–H and O–H groups in total. The number of nitrogens with zero attached hydrogens (tertiary/aromatic N) is 2. The standard InChI is InChI=1S/C11H10F2N4O4/c1-19-6-3-2-5(4-7(6)20-11(12)13)15-10(18)8-9(14)17-21-16-8/h2-4,11H,1H3,(H2,14,17)(H,15,18). The molecule has 0 aliphatic rings. The molecule has 0 aliphatic carbocycles. The highest BCUT2D eigenvalue weighted by atomic mass is 19.3. The molecule has 21 heavy (non-hydrogen) atoms. The molecule has 0 saturated heterocycles. The highest BCUT2D eigenvalue weighted by Crippen LogP contribution is 2.31. The average molecular weight is 300 g/mol. The van der Waals surface area contributed by atoms with E-state index in [2.05, 4.69) is 25.0 Å². The zero-order chi connectivity index (χ0) is 15.4. The molecule has 0 aliphatic heterocycles. The molecule has 112 valence electrons. The van der Waals surface area contributed by atoms with Crippen LogP contribution in [0.15, 0.2) is 22.8 Å². The summed E-state index contributed by atoms with van der Waals surface area (Å²) >= 11 is 0. The van der Waals surface area contributed by atoms with Gasteiger partial charge in [0.05, 0.1) is 7.11 Å². The Morgan fingerprint density at radius 3 is 2.71 bits per heavy atom. The van der Waals surface area contributed by atoms with Gasteiger partial charge >= 0.3 is 6.61 Å². The van der Waals surface area contributed by atoms with E-state index in [0.717, 1.165) is 0 Å². The maximum Gasteiger partial charge on any atom is 0.387 e. The van der Waals surface area contributed by atoms with Crippen LogP contribution >= 0.6 is 0 Å². The quantitative estimate of drug-likeness (QED) is 0.860. The molecule has 0 bridgehead atoms. The summed E-state index contributed by atoms with van der Waals surface area (Å²) < 4.78 is 38.0. The monoisotopic (exact) mass is 300 g/mol. The molecule has 2 rings (SSSR count). The summed E-state index contributed by atoms with van der Waals surface area (Å²) in [5.41, 5.74) is 5.32. The highest BCUT2D eigenvalue weighted by Gasteiger charge is 2.17. The zero-order valence-corrected chi connectivity index (χ0v) is 10.7. The first-order valence-electron chi connectivity index (χ1n) is 5.53. The number of amides is 1. The second-order valence-corrected chi connectivity index (χ2v) is 3.70. The summed E-state index contributed by atoms with van der Waals surface area (Å²) in [5.74, 6) is -1.03. The second-order valence-electron chi connectivity index (χ2n) is 3.70. The first-order chi connectivity index (χ1) is 10.0. The number of nitrogen functional groups attached to an aromatic ring is 1. The minimum absolute atomic E-state index is 0.0934. The molecule has 0 spiro atoms. The van der Waals surface area contributed by atoms with Crippen LogP contribution < -0.4 is 20.5 Å². The Morgan fingerprint density at radius 2 is 2.14 bits per heavy atom. The maximum atomic E-state index is 12.3. The molecular formula is C11H10F2N4O4. The van der Waals surface area contributed by atoms with E-state index in [4.69, 9.17) is 10.5 Å². The van der Waals surface area contributed by atoms with Gasteiger partial charge in [0.1, 0.15) is 0 Å². The Kier molecular flexibility index (Phi) is 4.16. The van der Waals surface area contributed by atoms with Crippen LogP contribution in [0.3, 0.4) is 0 Å². The Labute approximate surface area is 116 Å². The van der Waals surface area contributed by atoms with E-state index in [9.17, 15) is 13.6 Å². The van der Waals surface area contributed by atoms with Gasteiger partial charge in [-0.25, -0.2) is 4.63 Å². The average Bonchev–Trinajstić information content (AvgIpc) is 2.85. The molecule has 0 atom stereocenters. The third kappa shape index (κ3) is 3.35. The summed E-state index contributed by atoms with van der Waals surface area (Å²) in [6.07, 6.45) is 0. The molecule has 1 heterocycles. The molecule has 0 fully saturated rings. The summed E-state index contributed by atoms with van der Waals surface area (Å²) in [5, 5.41) is 8.96. The van der Waals surface area contributed by atoms with E-state index >= 15 is 0 Å². The van der Waals surface area contributed by atoms with Crippen molar-refractivity contribution in [2.75, 3.05) is 18.2 Å². The minimum Gasteiger partial charge on any atom is -0.493 e. The van der Waals surface area contributed by atoms with Gasteiger partial charge in [0.2, 0.25) is 11.5 Å². The van der Waals surface area contributed by atoms with Crippen LogP contribution in [-0.2, 0) is 0 Å². The predicted molar refractivity (Wildman–Crippen MR) is 66.3 cm³/mol. The van der Waals surface area contributed by atoms with Crippen molar-refractivity contribution in [3.05, 3.63) is 23.9 Å². The number of alkyl halides is 2. The van der Waals surface area contributed by atoms with Crippen molar-refractivity contribution in [2.45, 2.75) is 6.61 Å². The number of nitrogens with one attached hydrogen (secondary N) is 1. The number of nitrogens with two attached hydrogens (primary N) is 1. The predicted octanol–water partition coefficient (Wildman–Crippen LogP) is 1.51. The number of hydrogen-bond donors (Lipinski definition) is 2. The van der Waals surface area contributed by atoms with Crippen LogP contribution in [-0.4, -0.2) is 29.9 Å². The molecule has 0 saturated carbocycles. The second kappa shape index (κ2) is 6.03. The number of rotatable bonds is 5. The Hall–Kier alpha value is -2.91. The molecule has 10 heteroatoms. The number of ether oxygens (including phenoxy) is 2. The zero-order valence-electron chi connectivity index (χ0n) is 10.7. The number of carbonyl (C=O) groups is 1. The number of aromatic nitrogens is 2. The van der Waals surface area contributed by atoms with E-state index < -0.39 is 12.5 Å². The molecule has 1 aromatic carbocycles.